The highest BCUT2D eigenvalue weighted by atomic mass is 32.2. The van der Waals surface area contributed by atoms with Crippen LogP contribution in [0, 0.1) is 0 Å². The van der Waals surface area contributed by atoms with Gasteiger partial charge < -0.3 is 15.1 Å². The molecule has 0 bridgehead atoms. The molecule has 0 saturated heterocycles. The second-order valence-electron chi connectivity index (χ2n) is 7.03. The molecule has 1 aliphatic rings. The van der Waals surface area contributed by atoms with Crippen LogP contribution in [0.15, 0.2) is 15.6 Å². The predicted molar refractivity (Wildman–Crippen MR) is 98.1 cm³/mol. The largest absolute Gasteiger partial charge is 0.443 e. The minimum absolute atomic E-state index is 0.0129. The summed E-state index contributed by atoms with van der Waals surface area (Å²) in [5, 5.41) is 7.61. The number of hydrogen-bond acceptors (Lipinski definition) is 4. The van der Waals surface area contributed by atoms with Crippen molar-refractivity contribution < 1.29 is 4.42 Å². The first-order valence-electron chi connectivity index (χ1n) is 8.46. The Morgan fingerprint density at radius 2 is 2.22 bits per heavy atom. The van der Waals surface area contributed by atoms with E-state index in [9.17, 15) is 0 Å². The standard InChI is InChI=1S/C17H30N4OS/c1-6-23-13-8-7-12(9-13)21-16(18-5)20-11-15-19-10-14(22-15)17(2,3)4/h10,12-13H,6-9,11H2,1-5H3,(H2,18,20,21). The van der Waals surface area contributed by atoms with E-state index in [-0.39, 0.29) is 5.41 Å². The summed E-state index contributed by atoms with van der Waals surface area (Å²) in [5.41, 5.74) is -0.0129. The van der Waals surface area contributed by atoms with Gasteiger partial charge >= 0.3 is 0 Å². The lowest BCUT2D eigenvalue weighted by atomic mass is 9.94. The van der Waals surface area contributed by atoms with Crippen molar-refractivity contribution in [1.29, 1.82) is 0 Å². The number of oxazole rings is 1. The van der Waals surface area contributed by atoms with Gasteiger partial charge in [-0.3, -0.25) is 4.99 Å². The fourth-order valence-electron chi connectivity index (χ4n) is 2.74. The summed E-state index contributed by atoms with van der Waals surface area (Å²) >= 11 is 2.07. The SMILES string of the molecule is CCSC1CCC(NC(=NC)NCc2ncc(C(C)(C)C)o2)C1. The molecule has 0 amide bonds. The smallest absolute Gasteiger partial charge is 0.213 e. The maximum atomic E-state index is 5.80. The van der Waals surface area contributed by atoms with Crippen LogP contribution in [0.3, 0.4) is 0 Å². The molecule has 0 aliphatic heterocycles. The fourth-order valence-corrected chi connectivity index (χ4v) is 3.89. The molecule has 2 atom stereocenters. The lowest BCUT2D eigenvalue weighted by molar-refractivity contribution is 0.379. The van der Waals surface area contributed by atoms with Crippen molar-refractivity contribution in [2.45, 2.75) is 70.2 Å². The van der Waals surface area contributed by atoms with Crippen LogP contribution in [0.4, 0.5) is 0 Å². The van der Waals surface area contributed by atoms with Crippen molar-refractivity contribution in [3.05, 3.63) is 17.8 Å². The molecule has 1 fully saturated rings. The first kappa shape index (κ1) is 18.2. The molecule has 1 heterocycles. The molecule has 0 aromatic carbocycles. The fraction of sp³-hybridized carbons (Fsp3) is 0.765. The number of nitrogens with zero attached hydrogens (tertiary/aromatic N) is 2. The minimum atomic E-state index is -0.0129. The minimum Gasteiger partial charge on any atom is -0.443 e. The molecule has 2 N–H and O–H groups in total. The van der Waals surface area contributed by atoms with E-state index in [4.69, 9.17) is 4.42 Å². The highest BCUT2D eigenvalue weighted by Gasteiger charge is 2.25. The van der Waals surface area contributed by atoms with Crippen LogP contribution >= 0.6 is 11.8 Å². The highest BCUT2D eigenvalue weighted by molar-refractivity contribution is 7.99. The maximum absolute atomic E-state index is 5.80. The van der Waals surface area contributed by atoms with Gasteiger partial charge in [-0.25, -0.2) is 4.98 Å². The number of thioether (sulfide) groups is 1. The van der Waals surface area contributed by atoms with Crippen molar-refractivity contribution in [1.82, 2.24) is 15.6 Å². The molecule has 0 spiro atoms. The van der Waals surface area contributed by atoms with Crippen LogP contribution < -0.4 is 10.6 Å². The van der Waals surface area contributed by atoms with Gasteiger partial charge in [-0.2, -0.15) is 11.8 Å². The van der Waals surface area contributed by atoms with E-state index >= 15 is 0 Å². The molecule has 0 radical (unpaired) electrons. The summed E-state index contributed by atoms with van der Waals surface area (Å²) in [6.45, 7) is 9.14. The zero-order chi connectivity index (χ0) is 16.9. The second-order valence-corrected chi connectivity index (χ2v) is 8.60. The quantitative estimate of drug-likeness (QED) is 0.637. The Bertz CT molecular complexity index is 521. The summed E-state index contributed by atoms with van der Waals surface area (Å²) in [7, 11) is 1.80. The van der Waals surface area contributed by atoms with Gasteiger partial charge in [0.25, 0.3) is 0 Å². The van der Waals surface area contributed by atoms with Gasteiger partial charge in [-0.05, 0) is 25.0 Å². The molecule has 2 rings (SSSR count). The Morgan fingerprint density at radius 1 is 1.43 bits per heavy atom. The monoisotopic (exact) mass is 338 g/mol. The number of guanidine groups is 1. The molecule has 6 heteroatoms. The van der Waals surface area contributed by atoms with Crippen molar-refractivity contribution in [3.8, 4) is 0 Å². The molecule has 1 aromatic heterocycles. The first-order chi connectivity index (χ1) is 10.9. The molecule has 5 nitrogen and oxygen atoms in total. The Balaban J connectivity index is 1.81. The first-order valence-corrected chi connectivity index (χ1v) is 9.51. The average molecular weight is 339 g/mol. The zero-order valence-corrected chi connectivity index (χ0v) is 15.8. The van der Waals surface area contributed by atoms with Crippen LogP contribution in [0.2, 0.25) is 0 Å². The van der Waals surface area contributed by atoms with Gasteiger partial charge in [-0.1, -0.05) is 27.7 Å². The van der Waals surface area contributed by atoms with Gasteiger partial charge in [0.1, 0.15) is 5.76 Å². The van der Waals surface area contributed by atoms with Crippen LogP contribution in [-0.4, -0.2) is 35.0 Å². The van der Waals surface area contributed by atoms with E-state index in [1.54, 1.807) is 7.05 Å². The van der Waals surface area contributed by atoms with Gasteiger partial charge in [0.15, 0.2) is 5.96 Å². The molecule has 1 saturated carbocycles. The van der Waals surface area contributed by atoms with E-state index in [0.717, 1.165) is 17.0 Å². The third kappa shape index (κ3) is 5.44. The van der Waals surface area contributed by atoms with E-state index in [0.29, 0.717) is 18.5 Å². The van der Waals surface area contributed by atoms with E-state index in [1.807, 2.05) is 6.20 Å². The van der Waals surface area contributed by atoms with Crippen LogP contribution in [0.1, 0.15) is 58.6 Å². The normalized spacial score (nSPS) is 22.4. The Hall–Kier alpha value is -1.17. The van der Waals surface area contributed by atoms with Gasteiger partial charge in [0, 0.05) is 23.8 Å². The topological polar surface area (TPSA) is 62.5 Å². The van der Waals surface area contributed by atoms with E-state index in [1.165, 1.54) is 25.0 Å². The lowest BCUT2D eigenvalue weighted by Crippen LogP contribution is -2.42. The van der Waals surface area contributed by atoms with E-state index < -0.39 is 0 Å². The second kappa shape index (κ2) is 8.08. The summed E-state index contributed by atoms with van der Waals surface area (Å²) in [4.78, 5) is 8.65. The number of rotatable bonds is 5. The summed E-state index contributed by atoms with van der Waals surface area (Å²) in [6, 6.07) is 0.514. The number of aromatic nitrogens is 1. The third-order valence-electron chi connectivity index (χ3n) is 4.05. The highest BCUT2D eigenvalue weighted by Crippen LogP contribution is 2.29. The zero-order valence-electron chi connectivity index (χ0n) is 15.0. The molecular weight excluding hydrogens is 308 g/mol. The predicted octanol–water partition coefficient (Wildman–Crippen LogP) is 3.31. The number of hydrogen-bond donors (Lipinski definition) is 2. The average Bonchev–Trinajstić information content (AvgIpc) is 3.12. The van der Waals surface area contributed by atoms with Crippen LogP contribution in [0.25, 0.3) is 0 Å². The Labute approximate surface area is 144 Å². The Kier molecular flexibility index (Phi) is 6.39. The van der Waals surface area contributed by atoms with Crippen LogP contribution in [-0.2, 0) is 12.0 Å². The van der Waals surface area contributed by atoms with Crippen molar-refractivity contribution >= 4 is 17.7 Å². The van der Waals surface area contributed by atoms with E-state index in [2.05, 4.69) is 60.1 Å². The van der Waals surface area contributed by atoms with Crippen molar-refractivity contribution in [2.75, 3.05) is 12.8 Å². The summed E-state index contributed by atoms with van der Waals surface area (Å²) in [6.07, 6.45) is 5.54. The molecule has 1 aliphatic carbocycles. The molecule has 23 heavy (non-hydrogen) atoms. The van der Waals surface area contributed by atoms with Gasteiger partial charge in [0.2, 0.25) is 5.89 Å². The van der Waals surface area contributed by atoms with Crippen LogP contribution in [0.5, 0.6) is 0 Å². The lowest BCUT2D eigenvalue weighted by Gasteiger charge is -2.17. The Morgan fingerprint density at radius 3 is 2.83 bits per heavy atom. The number of nitrogens with one attached hydrogen (secondary N) is 2. The van der Waals surface area contributed by atoms with Crippen molar-refractivity contribution in [3.63, 3.8) is 0 Å². The molecule has 2 unspecified atom stereocenters. The van der Waals surface area contributed by atoms with Crippen molar-refractivity contribution in [2.24, 2.45) is 4.99 Å². The summed E-state index contributed by atoms with van der Waals surface area (Å²) in [5.74, 6) is 3.63. The third-order valence-corrected chi connectivity index (χ3v) is 5.28. The molecule has 1 aromatic rings. The summed E-state index contributed by atoms with van der Waals surface area (Å²) < 4.78 is 5.80. The number of aliphatic imine (C=N–C) groups is 1. The molecule has 130 valence electrons. The van der Waals surface area contributed by atoms with Gasteiger partial charge in [0.05, 0.1) is 12.7 Å². The molecular formula is C17H30N4OS. The maximum Gasteiger partial charge on any atom is 0.213 e. The van der Waals surface area contributed by atoms with Gasteiger partial charge in [-0.15, -0.1) is 0 Å².